The second-order valence-electron chi connectivity index (χ2n) is 4.13. The van der Waals surface area contributed by atoms with Crippen molar-refractivity contribution in [3.05, 3.63) is 58.3 Å². The van der Waals surface area contributed by atoms with E-state index in [2.05, 4.69) is 31.5 Å². The number of hydrogen-bond donors (Lipinski definition) is 2. The van der Waals surface area contributed by atoms with Crippen molar-refractivity contribution in [3.63, 3.8) is 0 Å². The number of nitrogens with zero attached hydrogens (tertiary/aromatic N) is 1. The van der Waals surface area contributed by atoms with Gasteiger partial charge in [0.2, 0.25) is 0 Å². The number of anilines is 1. The van der Waals surface area contributed by atoms with Crippen LogP contribution in [-0.4, -0.2) is 11.0 Å². The summed E-state index contributed by atoms with van der Waals surface area (Å²) in [6.45, 7) is 2.40. The zero-order chi connectivity index (χ0) is 13.7. The zero-order valence-electron chi connectivity index (χ0n) is 10.5. The maximum absolute atomic E-state index is 11.8. The first kappa shape index (κ1) is 13.5. The van der Waals surface area contributed by atoms with Gasteiger partial charge in [0.1, 0.15) is 0 Å². The molecule has 4 nitrogen and oxygen atoms in total. The second kappa shape index (κ2) is 6.33. The van der Waals surface area contributed by atoms with Crippen LogP contribution in [0.15, 0.2) is 47.2 Å². The predicted octanol–water partition coefficient (Wildman–Crippen LogP) is 3.47. The third-order valence-corrected chi connectivity index (χ3v) is 3.11. The first-order valence-electron chi connectivity index (χ1n) is 5.85. The maximum Gasteiger partial charge on any atom is 0.319 e. The molecule has 98 valence electrons. The molecule has 2 aromatic rings. The summed E-state index contributed by atoms with van der Waals surface area (Å²) in [7, 11) is 0. The number of carbonyl (C=O) groups is 1. The lowest BCUT2D eigenvalue weighted by molar-refractivity contribution is 0.251. The molecule has 5 heteroatoms. The standard InChI is InChI=1S/C14H14BrN3O/c1-10-7-12(15)4-5-13(10)18-14(19)17-9-11-3-2-6-16-8-11/h2-8H,9H2,1H3,(H2,17,18,19). The minimum atomic E-state index is -0.228. The average Bonchev–Trinajstić information content (AvgIpc) is 2.41. The summed E-state index contributed by atoms with van der Waals surface area (Å²) >= 11 is 3.39. The molecule has 0 bridgehead atoms. The van der Waals surface area contributed by atoms with E-state index in [4.69, 9.17) is 0 Å². The smallest absolute Gasteiger partial charge is 0.319 e. The summed E-state index contributed by atoms with van der Waals surface area (Å²) in [4.78, 5) is 15.8. The highest BCUT2D eigenvalue weighted by molar-refractivity contribution is 9.10. The fraction of sp³-hybridized carbons (Fsp3) is 0.143. The summed E-state index contributed by atoms with van der Waals surface area (Å²) in [6.07, 6.45) is 3.43. The summed E-state index contributed by atoms with van der Waals surface area (Å²) in [5, 5.41) is 5.60. The Bertz CT molecular complexity index is 572. The second-order valence-corrected chi connectivity index (χ2v) is 5.04. The van der Waals surface area contributed by atoms with Gasteiger partial charge >= 0.3 is 6.03 Å². The minimum absolute atomic E-state index is 0.228. The SMILES string of the molecule is Cc1cc(Br)ccc1NC(=O)NCc1cccnc1. The molecule has 0 saturated heterocycles. The van der Waals surface area contributed by atoms with Gasteiger partial charge in [-0.2, -0.15) is 0 Å². The van der Waals surface area contributed by atoms with Crippen molar-refractivity contribution >= 4 is 27.6 Å². The fourth-order valence-electron chi connectivity index (χ4n) is 1.62. The van der Waals surface area contributed by atoms with Crippen molar-refractivity contribution in [2.24, 2.45) is 0 Å². The van der Waals surface area contributed by atoms with E-state index >= 15 is 0 Å². The van der Waals surface area contributed by atoms with Crippen molar-refractivity contribution in [1.29, 1.82) is 0 Å². The highest BCUT2D eigenvalue weighted by Gasteiger charge is 2.04. The molecule has 0 fully saturated rings. The average molecular weight is 320 g/mol. The Morgan fingerprint density at radius 1 is 1.37 bits per heavy atom. The molecule has 2 rings (SSSR count). The molecule has 0 aliphatic rings. The molecule has 0 unspecified atom stereocenters. The first-order valence-corrected chi connectivity index (χ1v) is 6.64. The molecule has 1 aromatic carbocycles. The number of rotatable bonds is 3. The lowest BCUT2D eigenvalue weighted by atomic mass is 10.2. The van der Waals surface area contributed by atoms with Crippen molar-refractivity contribution in [3.8, 4) is 0 Å². The van der Waals surface area contributed by atoms with Gasteiger partial charge in [-0.05, 0) is 42.3 Å². The van der Waals surface area contributed by atoms with Crippen LogP contribution < -0.4 is 10.6 Å². The molecule has 0 saturated carbocycles. The van der Waals surface area contributed by atoms with Crippen LogP contribution in [0.25, 0.3) is 0 Å². The number of carbonyl (C=O) groups excluding carboxylic acids is 1. The quantitative estimate of drug-likeness (QED) is 0.910. The van der Waals surface area contributed by atoms with E-state index < -0.39 is 0 Å². The van der Waals surface area contributed by atoms with E-state index in [0.717, 1.165) is 21.3 Å². The highest BCUT2D eigenvalue weighted by atomic mass is 79.9. The molecule has 0 aliphatic carbocycles. The third kappa shape index (κ3) is 4.06. The van der Waals surface area contributed by atoms with Crippen LogP contribution >= 0.6 is 15.9 Å². The van der Waals surface area contributed by atoms with Crippen LogP contribution in [0.3, 0.4) is 0 Å². The van der Waals surface area contributed by atoms with Gasteiger partial charge in [0.05, 0.1) is 0 Å². The largest absolute Gasteiger partial charge is 0.334 e. The Morgan fingerprint density at radius 3 is 2.89 bits per heavy atom. The number of hydrogen-bond acceptors (Lipinski definition) is 2. The molecule has 0 atom stereocenters. The minimum Gasteiger partial charge on any atom is -0.334 e. The van der Waals surface area contributed by atoms with Gasteiger partial charge in [0, 0.05) is 29.1 Å². The molecule has 0 spiro atoms. The van der Waals surface area contributed by atoms with Gasteiger partial charge in [-0.1, -0.05) is 22.0 Å². The molecular weight excluding hydrogens is 306 g/mol. The van der Waals surface area contributed by atoms with Gasteiger partial charge in [-0.25, -0.2) is 4.79 Å². The summed E-state index contributed by atoms with van der Waals surface area (Å²) in [5.74, 6) is 0. The summed E-state index contributed by atoms with van der Waals surface area (Å²) in [5.41, 5.74) is 2.77. The van der Waals surface area contributed by atoms with Crippen LogP contribution in [0.5, 0.6) is 0 Å². The van der Waals surface area contributed by atoms with E-state index in [-0.39, 0.29) is 6.03 Å². The number of aromatic nitrogens is 1. The summed E-state index contributed by atoms with van der Waals surface area (Å²) < 4.78 is 0.992. The van der Waals surface area contributed by atoms with Gasteiger partial charge in [0.25, 0.3) is 0 Å². The normalized spacial score (nSPS) is 10.0. The van der Waals surface area contributed by atoms with Crippen LogP contribution in [0.4, 0.5) is 10.5 Å². The molecule has 0 radical (unpaired) electrons. The Morgan fingerprint density at radius 2 is 2.21 bits per heavy atom. The van der Waals surface area contributed by atoms with E-state index in [1.54, 1.807) is 12.4 Å². The van der Waals surface area contributed by atoms with E-state index in [1.807, 2.05) is 37.3 Å². The molecule has 1 heterocycles. The molecular formula is C14H14BrN3O. The molecule has 2 N–H and O–H groups in total. The van der Waals surface area contributed by atoms with Crippen LogP contribution in [0.2, 0.25) is 0 Å². The number of aryl methyl sites for hydroxylation is 1. The lowest BCUT2D eigenvalue weighted by Crippen LogP contribution is -2.28. The number of amides is 2. The monoisotopic (exact) mass is 319 g/mol. The van der Waals surface area contributed by atoms with Crippen LogP contribution in [0, 0.1) is 6.92 Å². The molecule has 19 heavy (non-hydrogen) atoms. The lowest BCUT2D eigenvalue weighted by Gasteiger charge is -2.10. The van der Waals surface area contributed by atoms with Gasteiger partial charge in [-0.15, -0.1) is 0 Å². The zero-order valence-corrected chi connectivity index (χ0v) is 12.1. The van der Waals surface area contributed by atoms with E-state index in [1.165, 1.54) is 0 Å². The van der Waals surface area contributed by atoms with Crippen molar-refractivity contribution in [2.45, 2.75) is 13.5 Å². The van der Waals surface area contributed by atoms with Crippen molar-refractivity contribution < 1.29 is 4.79 Å². The Labute approximate surface area is 120 Å². The van der Waals surface area contributed by atoms with E-state index in [0.29, 0.717) is 6.54 Å². The Hall–Kier alpha value is -1.88. The van der Waals surface area contributed by atoms with E-state index in [9.17, 15) is 4.79 Å². The number of halogens is 1. The summed E-state index contributed by atoms with van der Waals surface area (Å²) in [6, 6.07) is 9.24. The van der Waals surface area contributed by atoms with Crippen LogP contribution in [-0.2, 0) is 6.54 Å². The van der Waals surface area contributed by atoms with Crippen LogP contribution in [0.1, 0.15) is 11.1 Å². The fourth-order valence-corrected chi connectivity index (χ4v) is 2.09. The highest BCUT2D eigenvalue weighted by Crippen LogP contribution is 2.19. The first-order chi connectivity index (χ1) is 9.15. The van der Waals surface area contributed by atoms with Gasteiger partial charge in [-0.3, -0.25) is 4.98 Å². The van der Waals surface area contributed by atoms with Crippen molar-refractivity contribution in [1.82, 2.24) is 10.3 Å². The molecule has 2 amide bonds. The third-order valence-electron chi connectivity index (χ3n) is 2.61. The Balaban J connectivity index is 1.91. The maximum atomic E-state index is 11.8. The number of nitrogens with one attached hydrogen (secondary N) is 2. The number of benzene rings is 1. The Kier molecular flexibility index (Phi) is 4.52. The predicted molar refractivity (Wildman–Crippen MR) is 79.0 cm³/mol. The topological polar surface area (TPSA) is 54.0 Å². The number of urea groups is 1. The van der Waals surface area contributed by atoms with Crippen molar-refractivity contribution in [2.75, 3.05) is 5.32 Å². The number of pyridine rings is 1. The molecule has 1 aromatic heterocycles. The van der Waals surface area contributed by atoms with Gasteiger partial charge in [0.15, 0.2) is 0 Å². The van der Waals surface area contributed by atoms with Gasteiger partial charge < -0.3 is 10.6 Å². The molecule has 0 aliphatic heterocycles.